The van der Waals surface area contributed by atoms with Gasteiger partial charge in [-0.2, -0.15) is 0 Å². The van der Waals surface area contributed by atoms with E-state index < -0.39 is 5.97 Å². The number of nitrogens with zero attached hydrogens (tertiary/aromatic N) is 2. The first kappa shape index (κ1) is 20.1. The lowest BCUT2D eigenvalue weighted by atomic mass is 10.1. The van der Waals surface area contributed by atoms with Crippen molar-refractivity contribution in [2.75, 3.05) is 26.9 Å². The van der Waals surface area contributed by atoms with Crippen molar-refractivity contribution in [3.8, 4) is 0 Å². The average Bonchev–Trinajstić information content (AvgIpc) is 3.13. The Labute approximate surface area is 157 Å². The summed E-state index contributed by atoms with van der Waals surface area (Å²) in [5.74, 6) is -0.396. The van der Waals surface area contributed by atoms with Crippen LogP contribution in [0.4, 0.5) is 0 Å². The Hall–Kier alpha value is -2.25. The minimum atomic E-state index is -0.436. The topological polar surface area (TPSA) is 68.7 Å². The highest BCUT2D eigenvalue weighted by Crippen LogP contribution is 2.15. The third-order valence-electron chi connectivity index (χ3n) is 3.75. The van der Waals surface area contributed by atoms with E-state index in [9.17, 15) is 9.59 Å². The summed E-state index contributed by atoms with van der Waals surface area (Å²) in [5.41, 5.74) is 1.42. The molecule has 26 heavy (non-hydrogen) atoms. The normalized spacial score (nSPS) is 10.5. The summed E-state index contributed by atoms with van der Waals surface area (Å²) < 4.78 is 10.1. The number of hydrogen-bond acceptors (Lipinski definition) is 6. The second-order valence-electron chi connectivity index (χ2n) is 5.64. The van der Waals surface area contributed by atoms with Gasteiger partial charge in [0.1, 0.15) is 5.01 Å². The van der Waals surface area contributed by atoms with Crippen molar-refractivity contribution in [3.05, 3.63) is 52.0 Å². The van der Waals surface area contributed by atoms with Gasteiger partial charge in [0.15, 0.2) is 5.69 Å². The van der Waals surface area contributed by atoms with Gasteiger partial charge in [0.2, 0.25) is 5.91 Å². The molecule has 0 atom stereocenters. The van der Waals surface area contributed by atoms with Crippen molar-refractivity contribution in [1.82, 2.24) is 9.88 Å². The zero-order valence-electron chi connectivity index (χ0n) is 15.1. The molecule has 0 unspecified atom stereocenters. The molecular weight excluding hydrogens is 352 g/mol. The highest BCUT2D eigenvalue weighted by Gasteiger charge is 2.18. The Morgan fingerprint density at radius 1 is 1.23 bits per heavy atom. The molecule has 6 nitrogen and oxygen atoms in total. The molecule has 0 N–H and O–H groups in total. The molecule has 0 fully saturated rings. The zero-order valence-corrected chi connectivity index (χ0v) is 16.0. The van der Waals surface area contributed by atoms with E-state index in [-0.39, 0.29) is 11.6 Å². The first-order chi connectivity index (χ1) is 12.6. The Kier molecular flexibility index (Phi) is 8.24. The van der Waals surface area contributed by atoms with Crippen LogP contribution in [-0.2, 0) is 27.2 Å². The van der Waals surface area contributed by atoms with E-state index in [4.69, 9.17) is 9.47 Å². The number of carbonyl (C=O) groups is 2. The predicted octanol–water partition coefficient (Wildman–Crippen LogP) is 2.93. The lowest BCUT2D eigenvalue weighted by Gasteiger charge is -2.21. The molecule has 7 heteroatoms. The smallest absolute Gasteiger partial charge is 0.357 e. The third-order valence-corrected chi connectivity index (χ3v) is 4.58. The standard InChI is InChI=1S/C19H24N2O4S/c1-3-25-19(23)16-14-26-17(20-16)13-21(11-12-24-2)18(22)10-9-15-7-5-4-6-8-15/h4-8,14H,3,9-13H2,1-2H3. The van der Waals surface area contributed by atoms with Gasteiger partial charge >= 0.3 is 5.97 Å². The molecule has 2 rings (SSSR count). The van der Waals surface area contributed by atoms with Gasteiger partial charge < -0.3 is 14.4 Å². The maximum Gasteiger partial charge on any atom is 0.357 e. The zero-order chi connectivity index (χ0) is 18.8. The second kappa shape index (κ2) is 10.7. The number of aryl methyl sites for hydroxylation is 1. The fourth-order valence-electron chi connectivity index (χ4n) is 2.39. The number of hydrogen-bond donors (Lipinski definition) is 0. The number of aromatic nitrogens is 1. The lowest BCUT2D eigenvalue weighted by molar-refractivity contribution is -0.132. The molecule has 1 heterocycles. The minimum Gasteiger partial charge on any atom is -0.461 e. The molecule has 1 amide bonds. The van der Waals surface area contributed by atoms with Gasteiger partial charge in [-0.3, -0.25) is 4.79 Å². The van der Waals surface area contributed by atoms with Crippen LogP contribution in [0.2, 0.25) is 0 Å². The Balaban J connectivity index is 1.97. The summed E-state index contributed by atoms with van der Waals surface area (Å²) in [6.45, 7) is 3.36. The maximum atomic E-state index is 12.6. The van der Waals surface area contributed by atoms with E-state index in [0.29, 0.717) is 44.2 Å². The van der Waals surface area contributed by atoms with Gasteiger partial charge in [-0.15, -0.1) is 11.3 Å². The number of methoxy groups -OCH3 is 1. The van der Waals surface area contributed by atoms with E-state index in [0.717, 1.165) is 5.56 Å². The average molecular weight is 376 g/mol. The van der Waals surface area contributed by atoms with Crippen LogP contribution in [0.3, 0.4) is 0 Å². The molecular formula is C19H24N2O4S. The van der Waals surface area contributed by atoms with Crippen molar-refractivity contribution in [2.45, 2.75) is 26.3 Å². The van der Waals surface area contributed by atoms with E-state index >= 15 is 0 Å². The van der Waals surface area contributed by atoms with Crippen LogP contribution in [0.25, 0.3) is 0 Å². The van der Waals surface area contributed by atoms with Gasteiger partial charge in [0.25, 0.3) is 0 Å². The molecule has 0 aliphatic carbocycles. The summed E-state index contributed by atoms with van der Waals surface area (Å²) >= 11 is 1.35. The molecule has 0 saturated heterocycles. The largest absolute Gasteiger partial charge is 0.461 e. The number of rotatable bonds is 10. The summed E-state index contributed by atoms with van der Waals surface area (Å²) in [7, 11) is 1.61. The van der Waals surface area contributed by atoms with Crippen molar-refractivity contribution >= 4 is 23.2 Å². The molecule has 0 saturated carbocycles. The molecule has 0 aliphatic rings. The number of esters is 1. The quantitative estimate of drug-likeness (QED) is 0.597. The van der Waals surface area contributed by atoms with Crippen LogP contribution in [0, 0.1) is 0 Å². The molecule has 1 aromatic carbocycles. The van der Waals surface area contributed by atoms with Crippen molar-refractivity contribution in [2.24, 2.45) is 0 Å². The fraction of sp³-hybridized carbons (Fsp3) is 0.421. The Morgan fingerprint density at radius 2 is 2.00 bits per heavy atom. The van der Waals surface area contributed by atoms with E-state index in [1.807, 2.05) is 30.3 Å². The van der Waals surface area contributed by atoms with Gasteiger partial charge in [0, 0.05) is 25.5 Å². The van der Waals surface area contributed by atoms with Gasteiger partial charge in [-0.05, 0) is 18.9 Å². The summed E-state index contributed by atoms with van der Waals surface area (Å²) in [6, 6.07) is 9.92. The molecule has 1 aromatic heterocycles. The predicted molar refractivity (Wildman–Crippen MR) is 100 cm³/mol. The fourth-order valence-corrected chi connectivity index (χ4v) is 3.17. The molecule has 140 valence electrons. The second-order valence-corrected chi connectivity index (χ2v) is 6.58. The van der Waals surface area contributed by atoms with Crippen molar-refractivity contribution in [3.63, 3.8) is 0 Å². The number of ether oxygens (including phenoxy) is 2. The van der Waals surface area contributed by atoms with Crippen LogP contribution in [0.1, 0.15) is 34.4 Å². The number of thiazole rings is 1. The molecule has 0 spiro atoms. The van der Waals surface area contributed by atoms with Gasteiger partial charge in [-0.25, -0.2) is 9.78 Å². The van der Waals surface area contributed by atoms with Crippen LogP contribution < -0.4 is 0 Å². The minimum absolute atomic E-state index is 0.0405. The van der Waals surface area contributed by atoms with E-state index in [2.05, 4.69) is 4.98 Å². The summed E-state index contributed by atoms with van der Waals surface area (Å²) in [6.07, 6.45) is 1.11. The lowest BCUT2D eigenvalue weighted by Crippen LogP contribution is -2.33. The summed E-state index contributed by atoms with van der Waals surface area (Å²) in [5, 5.41) is 2.37. The number of carbonyl (C=O) groups excluding carboxylic acids is 2. The number of benzene rings is 1. The molecule has 0 aliphatic heterocycles. The van der Waals surface area contributed by atoms with E-state index in [1.54, 1.807) is 24.3 Å². The van der Waals surface area contributed by atoms with Crippen LogP contribution in [0.15, 0.2) is 35.7 Å². The van der Waals surface area contributed by atoms with Gasteiger partial charge in [-0.1, -0.05) is 30.3 Å². The molecule has 0 radical (unpaired) electrons. The van der Waals surface area contributed by atoms with Crippen molar-refractivity contribution in [1.29, 1.82) is 0 Å². The Morgan fingerprint density at radius 3 is 2.69 bits per heavy atom. The van der Waals surface area contributed by atoms with Gasteiger partial charge in [0.05, 0.1) is 19.8 Å². The first-order valence-electron chi connectivity index (χ1n) is 8.56. The highest BCUT2D eigenvalue weighted by atomic mass is 32.1. The third kappa shape index (κ3) is 6.24. The first-order valence-corrected chi connectivity index (χ1v) is 9.44. The molecule has 2 aromatic rings. The van der Waals surface area contributed by atoms with Crippen LogP contribution in [-0.4, -0.2) is 48.6 Å². The van der Waals surface area contributed by atoms with Crippen LogP contribution in [0.5, 0.6) is 0 Å². The maximum absolute atomic E-state index is 12.6. The highest BCUT2D eigenvalue weighted by molar-refractivity contribution is 7.09. The Bertz CT molecular complexity index is 703. The molecule has 0 bridgehead atoms. The van der Waals surface area contributed by atoms with Crippen LogP contribution >= 0.6 is 11.3 Å². The number of amides is 1. The summed E-state index contributed by atoms with van der Waals surface area (Å²) in [4.78, 5) is 30.4. The van der Waals surface area contributed by atoms with E-state index in [1.165, 1.54) is 11.3 Å². The van der Waals surface area contributed by atoms with Crippen molar-refractivity contribution < 1.29 is 19.1 Å². The SMILES string of the molecule is CCOC(=O)c1csc(CN(CCOC)C(=O)CCc2ccccc2)n1. The monoisotopic (exact) mass is 376 g/mol.